The molecule has 0 fully saturated rings. The molecule has 0 rings (SSSR count). The van der Waals surface area contributed by atoms with Crippen molar-refractivity contribution in [3.05, 3.63) is 0 Å². The third kappa shape index (κ3) is 12400. The Morgan fingerprint density at radius 3 is 0.667 bits per heavy atom. The Bertz CT molecular complexity index is 117. The minimum atomic E-state index is -1.08. The molecule has 0 aromatic carbocycles. The van der Waals surface area contributed by atoms with Gasteiger partial charge in [-0.05, 0) is 20.8 Å². The summed E-state index contributed by atoms with van der Waals surface area (Å²) in [6, 6.07) is 0. The van der Waals surface area contributed by atoms with Gasteiger partial charge in [-0.2, -0.15) is 0 Å². The van der Waals surface area contributed by atoms with Gasteiger partial charge in [0.1, 0.15) is 0 Å². The van der Waals surface area contributed by atoms with E-state index >= 15 is 0 Å². The van der Waals surface area contributed by atoms with Crippen LogP contribution in [0.5, 0.6) is 0 Å². The normalized spacial score (nSPS) is 5.00. The predicted molar refractivity (Wildman–Crippen MR) is 39.3 cm³/mol. The first-order valence-electron chi connectivity index (χ1n) is 2.72. The molecule has 4 N–H and O–H groups in total. The standard InChI is InChI=1S/3C2H4O2.2H2O.Tb/c3*1-2(3)4;;;/h3*1H3,(H,3,4);2*1H2;/q;;;;;+3/p-3. The molecule has 0 aliphatic heterocycles. The fourth-order valence-electron chi connectivity index (χ4n) is 0. The van der Waals surface area contributed by atoms with Crippen LogP contribution in [-0.2, 0) is 14.4 Å². The smallest absolute Gasteiger partial charge is 0.550 e. The van der Waals surface area contributed by atoms with E-state index in [1.165, 1.54) is 0 Å². The van der Waals surface area contributed by atoms with E-state index in [0.717, 1.165) is 20.8 Å². The van der Waals surface area contributed by atoms with Gasteiger partial charge >= 0.3 is 38.6 Å². The van der Waals surface area contributed by atoms with E-state index in [0.29, 0.717) is 0 Å². The molecule has 94 valence electrons. The van der Waals surface area contributed by atoms with Gasteiger partial charge in [0, 0.05) is 17.9 Å². The zero-order valence-corrected chi connectivity index (χ0v) is 10.4. The first-order chi connectivity index (χ1) is 5.20. The Morgan fingerprint density at radius 2 is 0.667 bits per heavy atom. The first-order valence-corrected chi connectivity index (χ1v) is 2.72. The van der Waals surface area contributed by atoms with Crippen molar-refractivity contribution >= 4 is 17.9 Å². The molecule has 0 aromatic rings. The molecule has 0 aromatic heterocycles. The van der Waals surface area contributed by atoms with Crippen molar-refractivity contribution in [2.75, 3.05) is 0 Å². The minimum absolute atomic E-state index is 0. The van der Waals surface area contributed by atoms with Gasteiger partial charge in [0.2, 0.25) is 0 Å². The second-order valence-corrected chi connectivity index (χ2v) is 1.47. The fourth-order valence-corrected chi connectivity index (χ4v) is 0. The van der Waals surface area contributed by atoms with Crippen LogP contribution in [0.1, 0.15) is 20.8 Å². The molecule has 0 saturated carbocycles. The van der Waals surface area contributed by atoms with Crippen molar-refractivity contribution in [1.82, 2.24) is 0 Å². The average molecular weight is 372 g/mol. The molecule has 0 heterocycles. The molecule has 0 saturated heterocycles. The van der Waals surface area contributed by atoms with Crippen molar-refractivity contribution in [2.45, 2.75) is 20.8 Å². The maximum absolute atomic E-state index is 8.89. The molecule has 0 aliphatic carbocycles. The maximum Gasteiger partial charge on any atom is 3.00 e. The summed E-state index contributed by atoms with van der Waals surface area (Å²) in [5, 5.41) is 26.7. The van der Waals surface area contributed by atoms with Crippen LogP contribution < -0.4 is 15.3 Å². The Hall–Kier alpha value is -0.384. The van der Waals surface area contributed by atoms with E-state index in [1.807, 2.05) is 0 Å². The van der Waals surface area contributed by atoms with Crippen LogP contribution in [-0.4, -0.2) is 28.9 Å². The van der Waals surface area contributed by atoms with Gasteiger partial charge in [0.25, 0.3) is 0 Å². The second-order valence-electron chi connectivity index (χ2n) is 1.47. The molecule has 0 spiro atoms. The van der Waals surface area contributed by atoms with Gasteiger partial charge < -0.3 is 40.7 Å². The topological polar surface area (TPSA) is 183 Å². The predicted octanol–water partition coefficient (Wildman–Crippen LogP) is -5.38. The fraction of sp³-hybridized carbons (Fsp3) is 0.500. The third-order valence-electron chi connectivity index (χ3n) is 0. The summed E-state index contributed by atoms with van der Waals surface area (Å²) in [4.78, 5) is 26.7. The van der Waals surface area contributed by atoms with Crippen LogP contribution >= 0.6 is 0 Å². The first kappa shape index (κ1) is 36.5. The molecule has 0 atom stereocenters. The van der Waals surface area contributed by atoms with E-state index < -0.39 is 17.9 Å². The number of hydrogen-bond acceptors (Lipinski definition) is 6. The minimum Gasteiger partial charge on any atom is -0.550 e. The number of rotatable bonds is 0. The maximum atomic E-state index is 8.89. The van der Waals surface area contributed by atoms with Crippen molar-refractivity contribution in [3.63, 3.8) is 0 Å². The van der Waals surface area contributed by atoms with Gasteiger partial charge in [0.05, 0.1) is 0 Å². The molecule has 0 amide bonds. The summed E-state index contributed by atoms with van der Waals surface area (Å²) in [5.41, 5.74) is 0. The van der Waals surface area contributed by atoms with E-state index in [9.17, 15) is 0 Å². The molecular weight excluding hydrogens is 359 g/mol. The quantitative estimate of drug-likeness (QED) is 0.409. The van der Waals surface area contributed by atoms with E-state index in [4.69, 9.17) is 29.7 Å². The van der Waals surface area contributed by atoms with Crippen LogP contribution in [0, 0.1) is 38.6 Å². The molecule has 0 unspecified atom stereocenters. The molecule has 0 aliphatic rings. The monoisotopic (exact) mass is 372 g/mol. The van der Waals surface area contributed by atoms with Crippen LogP contribution in [0.3, 0.4) is 0 Å². The molecule has 15 heavy (non-hydrogen) atoms. The number of carboxylic acids is 3. The summed E-state index contributed by atoms with van der Waals surface area (Å²) in [6.07, 6.45) is 0. The number of carboxylic acid groups (broad SMARTS) is 3. The van der Waals surface area contributed by atoms with E-state index in [1.54, 1.807) is 0 Å². The SMILES string of the molecule is CC(=O)[O-].CC(=O)[O-].CC(=O)[O-].O.O.[Tb+3]. The number of carbonyl (C=O) groups excluding carboxylic acids is 3. The zero-order chi connectivity index (χ0) is 10.7. The Kier molecular flexibility index (Phi) is 71.0. The molecule has 0 radical (unpaired) electrons. The second kappa shape index (κ2) is 29.2. The summed E-state index contributed by atoms with van der Waals surface area (Å²) in [6.45, 7) is 2.92. The van der Waals surface area contributed by atoms with Gasteiger partial charge in [-0.25, -0.2) is 0 Å². The van der Waals surface area contributed by atoms with Gasteiger partial charge in [-0.15, -0.1) is 0 Å². The third-order valence-corrected chi connectivity index (χ3v) is 0. The number of carbonyl (C=O) groups is 3. The van der Waals surface area contributed by atoms with Crippen molar-refractivity contribution < 1.29 is 79.3 Å². The van der Waals surface area contributed by atoms with Gasteiger partial charge in [-0.1, -0.05) is 0 Å². The number of hydrogen-bond donors (Lipinski definition) is 0. The largest absolute Gasteiger partial charge is 3.00 e. The number of aliphatic carboxylic acids is 3. The van der Waals surface area contributed by atoms with E-state index in [-0.39, 0.29) is 49.6 Å². The van der Waals surface area contributed by atoms with Crippen molar-refractivity contribution in [2.24, 2.45) is 0 Å². The Labute approximate surface area is 117 Å². The molecular formula is C6H13O8Tb. The summed E-state index contributed by atoms with van der Waals surface area (Å²) in [5.74, 6) is -3.25. The zero-order valence-electron chi connectivity index (χ0n) is 8.28. The summed E-state index contributed by atoms with van der Waals surface area (Å²) < 4.78 is 0. The van der Waals surface area contributed by atoms with Crippen molar-refractivity contribution in [1.29, 1.82) is 0 Å². The summed E-state index contributed by atoms with van der Waals surface area (Å²) in [7, 11) is 0. The molecule has 9 heteroatoms. The van der Waals surface area contributed by atoms with Crippen molar-refractivity contribution in [3.8, 4) is 0 Å². The van der Waals surface area contributed by atoms with Gasteiger partial charge in [-0.3, -0.25) is 0 Å². The summed E-state index contributed by atoms with van der Waals surface area (Å²) >= 11 is 0. The molecule has 8 nitrogen and oxygen atoms in total. The molecule has 0 bridgehead atoms. The van der Waals surface area contributed by atoms with Crippen LogP contribution in [0.25, 0.3) is 0 Å². The van der Waals surface area contributed by atoms with Crippen LogP contribution in [0.2, 0.25) is 0 Å². The van der Waals surface area contributed by atoms with Gasteiger partial charge in [0.15, 0.2) is 0 Å². The van der Waals surface area contributed by atoms with Crippen LogP contribution in [0.15, 0.2) is 0 Å². The Morgan fingerprint density at radius 1 is 0.667 bits per heavy atom. The van der Waals surface area contributed by atoms with E-state index in [2.05, 4.69) is 0 Å². The average Bonchev–Trinajstić information content (AvgIpc) is 1.54. The van der Waals surface area contributed by atoms with Crippen LogP contribution in [0.4, 0.5) is 0 Å². The Balaban J connectivity index is -0.0000000184.